The monoisotopic (exact) mass is 599 g/mol. The van der Waals surface area contributed by atoms with E-state index in [2.05, 4.69) is 4.98 Å². The van der Waals surface area contributed by atoms with Gasteiger partial charge in [0.1, 0.15) is 17.4 Å². The molecule has 0 unspecified atom stereocenters. The van der Waals surface area contributed by atoms with E-state index in [1.54, 1.807) is 30.8 Å². The van der Waals surface area contributed by atoms with E-state index in [1.165, 1.54) is 22.3 Å². The van der Waals surface area contributed by atoms with Crippen molar-refractivity contribution in [2.45, 2.75) is 12.6 Å². The van der Waals surface area contributed by atoms with Gasteiger partial charge in [-0.2, -0.15) is 0 Å². The highest BCUT2D eigenvalue weighted by molar-refractivity contribution is 7.16. The molecule has 0 spiro atoms. The van der Waals surface area contributed by atoms with Gasteiger partial charge >= 0.3 is 0 Å². The lowest BCUT2D eigenvalue weighted by atomic mass is 10.0. The summed E-state index contributed by atoms with van der Waals surface area (Å²) in [5, 5.41) is 12.5. The van der Waals surface area contributed by atoms with Crippen LogP contribution in [-0.4, -0.2) is 32.9 Å². The van der Waals surface area contributed by atoms with E-state index in [1.807, 2.05) is 66.7 Å². The van der Waals surface area contributed by atoms with E-state index in [0.717, 1.165) is 21.4 Å². The lowest BCUT2D eigenvalue weighted by Crippen LogP contribution is -2.27. The molecule has 6 nitrogen and oxygen atoms in total. The predicted molar refractivity (Wildman–Crippen MR) is 164 cm³/mol. The Morgan fingerprint density at radius 1 is 0.951 bits per heavy atom. The zero-order valence-electron chi connectivity index (χ0n) is 21.8. The third-order valence-corrected chi connectivity index (χ3v) is 7.90. The molecule has 0 aliphatic heterocycles. The van der Waals surface area contributed by atoms with Crippen LogP contribution >= 0.6 is 34.5 Å². The second-order valence-electron chi connectivity index (χ2n) is 9.59. The number of thiazole rings is 1. The number of carbonyl (C=O) groups excluding carboxylic acids is 1. The molecule has 6 rings (SSSR count). The molecule has 0 aliphatic rings. The highest BCUT2D eigenvalue weighted by Crippen LogP contribution is 2.41. The van der Waals surface area contributed by atoms with Crippen LogP contribution < -0.4 is 4.74 Å². The summed E-state index contributed by atoms with van der Waals surface area (Å²) in [5.74, 6) is -0.187. The van der Waals surface area contributed by atoms with Crippen LogP contribution in [0.2, 0.25) is 10.0 Å². The van der Waals surface area contributed by atoms with Crippen molar-refractivity contribution in [2.75, 3.05) is 7.05 Å². The smallest absolute Gasteiger partial charge is 0.257 e. The van der Waals surface area contributed by atoms with Crippen molar-refractivity contribution >= 4 is 61.7 Å². The minimum atomic E-state index is -0.554. The molecule has 41 heavy (non-hydrogen) atoms. The van der Waals surface area contributed by atoms with Gasteiger partial charge in [-0.15, -0.1) is 11.3 Å². The van der Waals surface area contributed by atoms with Crippen LogP contribution in [0.1, 0.15) is 33.2 Å². The summed E-state index contributed by atoms with van der Waals surface area (Å²) < 4.78 is 7.60. The Morgan fingerprint density at radius 2 is 1.59 bits per heavy atom. The molecule has 204 valence electrons. The van der Waals surface area contributed by atoms with Crippen molar-refractivity contribution < 1.29 is 14.6 Å². The second-order valence-corrected chi connectivity index (χ2v) is 11.3. The Kier molecular flexibility index (Phi) is 7.49. The van der Waals surface area contributed by atoms with Crippen molar-refractivity contribution in [3.8, 4) is 11.5 Å². The number of hydrogen-bond donors (Lipinski definition) is 1. The molecule has 2 aromatic heterocycles. The quantitative estimate of drug-likeness (QED) is 0.200. The number of amides is 1. The molecule has 0 bridgehead atoms. The number of phenols is 1. The molecule has 0 atom stereocenters. The number of fused-ring (bicyclic) bond motifs is 2. The van der Waals surface area contributed by atoms with Gasteiger partial charge in [0.05, 0.1) is 15.8 Å². The van der Waals surface area contributed by atoms with Crippen molar-refractivity contribution in [3.05, 3.63) is 129 Å². The van der Waals surface area contributed by atoms with Gasteiger partial charge in [-0.3, -0.25) is 4.79 Å². The minimum Gasteiger partial charge on any atom is -0.507 e. The van der Waals surface area contributed by atoms with Crippen LogP contribution in [-0.2, 0) is 6.54 Å². The second kappa shape index (κ2) is 11.4. The number of hydrogen-bond acceptors (Lipinski definition) is 6. The normalized spacial score (nSPS) is 11.3. The number of carbonyl (C=O) groups is 1. The molecule has 9 heteroatoms. The van der Waals surface area contributed by atoms with E-state index in [4.69, 9.17) is 32.9 Å². The van der Waals surface area contributed by atoms with Gasteiger partial charge in [-0.05, 0) is 47.0 Å². The number of rotatable bonds is 7. The molecular weight excluding hydrogens is 577 g/mol. The third-order valence-electron chi connectivity index (χ3n) is 6.70. The first-order chi connectivity index (χ1) is 19.9. The molecular formula is C32H23Cl2N3O3S. The summed E-state index contributed by atoms with van der Waals surface area (Å²) in [4.78, 5) is 24.7. The molecule has 1 amide bonds. The summed E-state index contributed by atoms with van der Waals surface area (Å²) in [6.07, 6.45) is -0.554. The number of pyridine rings is 1. The van der Waals surface area contributed by atoms with Gasteiger partial charge in [-0.25, -0.2) is 9.97 Å². The summed E-state index contributed by atoms with van der Waals surface area (Å²) >= 11 is 13.8. The molecule has 1 N–H and O–H groups in total. The number of ether oxygens (including phenoxy) is 1. The number of benzene rings is 4. The molecule has 0 fully saturated rings. The summed E-state index contributed by atoms with van der Waals surface area (Å²) in [5.41, 5.74) is 5.28. The fraction of sp³-hybridized carbons (Fsp3) is 0.0938. The highest BCUT2D eigenvalue weighted by atomic mass is 35.5. The maximum absolute atomic E-state index is 14.0. The standard InChI is InChI=1S/C32H23Cl2N3O3S/c1-37(17-19-12-22(33)14-23(34)13-19)32(39)25-15-26(38)24-16-27-31(35-18-41-27)36-28(24)30(25)40-29(20-8-4-2-5-9-20)21-10-6-3-7-11-21/h2-16,18,29,38H,17H2,1H3. The SMILES string of the molecule is CN(Cc1cc(Cl)cc(Cl)c1)C(=O)c1cc(O)c2cc3scnc3nc2c1OC(c1ccccc1)c1ccccc1. The minimum absolute atomic E-state index is 0.0753. The van der Waals surface area contributed by atoms with E-state index in [0.29, 0.717) is 26.6 Å². The van der Waals surface area contributed by atoms with Crippen LogP contribution in [0.4, 0.5) is 0 Å². The fourth-order valence-corrected chi connectivity index (χ4v) is 6.03. The molecule has 0 radical (unpaired) electrons. The summed E-state index contributed by atoms with van der Waals surface area (Å²) in [6.45, 7) is 0.233. The van der Waals surface area contributed by atoms with Crippen LogP contribution in [0.5, 0.6) is 11.5 Å². The predicted octanol–water partition coefficient (Wildman–Crippen LogP) is 8.30. The van der Waals surface area contributed by atoms with E-state index >= 15 is 0 Å². The average Bonchev–Trinajstić information content (AvgIpc) is 3.43. The van der Waals surface area contributed by atoms with E-state index < -0.39 is 6.10 Å². The highest BCUT2D eigenvalue weighted by Gasteiger charge is 2.27. The molecule has 0 saturated heterocycles. The Bertz CT molecular complexity index is 1820. The van der Waals surface area contributed by atoms with Gasteiger partial charge in [0.25, 0.3) is 5.91 Å². The van der Waals surface area contributed by atoms with Crippen LogP contribution in [0.25, 0.3) is 21.3 Å². The Morgan fingerprint density at radius 3 is 2.22 bits per heavy atom. The number of nitrogens with zero attached hydrogens (tertiary/aromatic N) is 3. The Hall–Kier alpha value is -4.17. The average molecular weight is 601 g/mol. The molecule has 6 aromatic rings. The van der Waals surface area contributed by atoms with Gasteiger partial charge in [0.2, 0.25) is 0 Å². The zero-order chi connectivity index (χ0) is 28.5. The van der Waals surface area contributed by atoms with Gasteiger partial charge in [-0.1, -0.05) is 83.9 Å². The van der Waals surface area contributed by atoms with Crippen molar-refractivity contribution in [1.82, 2.24) is 14.9 Å². The molecule has 4 aromatic carbocycles. The molecule has 0 aliphatic carbocycles. The lowest BCUT2D eigenvalue weighted by Gasteiger charge is -2.25. The van der Waals surface area contributed by atoms with E-state index in [-0.39, 0.29) is 29.5 Å². The first-order valence-electron chi connectivity index (χ1n) is 12.7. The zero-order valence-corrected chi connectivity index (χ0v) is 24.1. The van der Waals surface area contributed by atoms with Crippen LogP contribution in [0.15, 0.2) is 96.5 Å². The topological polar surface area (TPSA) is 75.6 Å². The maximum Gasteiger partial charge on any atom is 0.257 e. The van der Waals surface area contributed by atoms with Crippen molar-refractivity contribution in [1.29, 1.82) is 0 Å². The van der Waals surface area contributed by atoms with Crippen molar-refractivity contribution in [3.63, 3.8) is 0 Å². The summed E-state index contributed by atoms with van der Waals surface area (Å²) in [6, 6.07) is 28.0. The molecule has 0 saturated carbocycles. The largest absolute Gasteiger partial charge is 0.507 e. The summed E-state index contributed by atoms with van der Waals surface area (Å²) in [7, 11) is 1.67. The fourth-order valence-electron chi connectivity index (χ4n) is 4.81. The first-order valence-corrected chi connectivity index (χ1v) is 14.4. The van der Waals surface area contributed by atoms with E-state index in [9.17, 15) is 9.90 Å². The number of phenolic OH excluding ortho intramolecular Hbond substituents is 1. The maximum atomic E-state index is 14.0. The first kappa shape index (κ1) is 27.0. The lowest BCUT2D eigenvalue weighted by molar-refractivity contribution is 0.0778. The van der Waals surface area contributed by atoms with Crippen molar-refractivity contribution in [2.24, 2.45) is 0 Å². The van der Waals surface area contributed by atoms with Gasteiger partial charge in [0.15, 0.2) is 11.4 Å². The number of aromatic hydroxyl groups is 1. The van der Waals surface area contributed by atoms with Gasteiger partial charge in [0, 0.05) is 29.0 Å². The third kappa shape index (κ3) is 5.57. The van der Waals surface area contributed by atoms with Gasteiger partial charge < -0.3 is 14.7 Å². The number of halogens is 2. The number of aromatic nitrogens is 2. The molecule has 2 heterocycles. The Balaban J connectivity index is 1.51. The van der Waals surface area contributed by atoms with Crippen LogP contribution in [0, 0.1) is 0 Å². The van der Waals surface area contributed by atoms with Crippen LogP contribution in [0.3, 0.4) is 0 Å². The Labute approximate surface area is 250 Å².